The summed E-state index contributed by atoms with van der Waals surface area (Å²) in [5.74, 6) is 1.48. The third-order valence-corrected chi connectivity index (χ3v) is 4.37. The lowest BCUT2D eigenvalue weighted by Gasteiger charge is -2.10. The molecule has 0 atom stereocenters. The van der Waals surface area contributed by atoms with E-state index in [4.69, 9.17) is 0 Å². The molecule has 0 aliphatic rings. The molecule has 0 unspecified atom stereocenters. The van der Waals surface area contributed by atoms with Crippen LogP contribution in [-0.2, 0) is 19.4 Å². The van der Waals surface area contributed by atoms with Crippen molar-refractivity contribution < 1.29 is 4.79 Å². The van der Waals surface area contributed by atoms with Crippen LogP contribution in [0.1, 0.15) is 41.2 Å². The van der Waals surface area contributed by atoms with Crippen molar-refractivity contribution >= 4 is 5.78 Å². The van der Waals surface area contributed by atoms with E-state index in [0.717, 1.165) is 35.4 Å². The molecule has 4 nitrogen and oxygen atoms in total. The Morgan fingerprint density at radius 3 is 2.48 bits per heavy atom. The van der Waals surface area contributed by atoms with E-state index < -0.39 is 0 Å². The van der Waals surface area contributed by atoms with Crippen molar-refractivity contribution in [2.75, 3.05) is 0 Å². The highest BCUT2D eigenvalue weighted by atomic mass is 16.1. The lowest BCUT2D eigenvalue weighted by Crippen LogP contribution is -2.15. The molecule has 0 aliphatic carbocycles. The largest absolute Gasteiger partial charge is 0.292 e. The Morgan fingerprint density at radius 1 is 1.04 bits per heavy atom. The summed E-state index contributed by atoms with van der Waals surface area (Å²) in [4.78, 5) is 17.5. The molecule has 3 aromatic rings. The van der Waals surface area contributed by atoms with Gasteiger partial charge in [0.2, 0.25) is 0 Å². The van der Waals surface area contributed by atoms with Crippen molar-refractivity contribution in [3.8, 4) is 11.4 Å². The highest BCUT2D eigenvalue weighted by Crippen LogP contribution is 2.19. The molecule has 0 saturated heterocycles. The molecule has 0 aliphatic heterocycles. The quantitative estimate of drug-likeness (QED) is 0.633. The molecule has 0 fully saturated rings. The molecule has 0 amide bonds. The van der Waals surface area contributed by atoms with Gasteiger partial charge in [0.05, 0.1) is 0 Å². The van der Waals surface area contributed by atoms with Gasteiger partial charge in [-0.15, -0.1) is 0 Å². The van der Waals surface area contributed by atoms with Gasteiger partial charge in [0.25, 0.3) is 0 Å². The van der Waals surface area contributed by atoms with Gasteiger partial charge in [-0.05, 0) is 37.0 Å². The van der Waals surface area contributed by atoms with E-state index in [1.807, 2.05) is 43.3 Å². The van der Waals surface area contributed by atoms with E-state index in [0.29, 0.717) is 5.82 Å². The van der Waals surface area contributed by atoms with Crippen LogP contribution in [0.4, 0.5) is 0 Å². The average Bonchev–Trinajstić information content (AvgIpc) is 3.02. The van der Waals surface area contributed by atoms with Gasteiger partial charge in [-0.3, -0.25) is 4.79 Å². The fraction of sp³-hybridized carbons (Fsp3) is 0.286. The van der Waals surface area contributed by atoms with Crippen LogP contribution in [0.25, 0.3) is 11.4 Å². The van der Waals surface area contributed by atoms with Crippen molar-refractivity contribution in [1.29, 1.82) is 0 Å². The van der Waals surface area contributed by atoms with Gasteiger partial charge in [0.1, 0.15) is 12.4 Å². The summed E-state index contributed by atoms with van der Waals surface area (Å²) in [7, 11) is 0. The molecule has 1 aromatic heterocycles. The van der Waals surface area contributed by atoms with Crippen molar-refractivity contribution in [3.05, 3.63) is 71.0 Å². The first kappa shape index (κ1) is 17.1. The van der Waals surface area contributed by atoms with E-state index in [1.54, 1.807) is 4.68 Å². The number of nitrogens with zero attached hydrogens (tertiary/aromatic N) is 3. The van der Waals surface area contributed by atoms with Gasteiger partial charge in [-0.2, -0.15) is 5.10 Å². The van der Waals surface area contributed by atoms with Gasteiger partial charge in [0, 0.05) is 11.1 Å². The van der Waals surface area contributed by atoms with Crippen molar-refractivity contribution in [3.63, 3.8) is 0 Å². The second-order valence-electron chi connectivity index (χ2n) is 6.13. The molecule has 25 heavy (non-hydrogen) atoms. The number of ketones is 1. The van der Waals surface area contributed by atoms with Crippen LogP contribution in [-0.4, -0.2) is 20.5 Å². The minimum atomic E-state index is 0.0780. The summed E-state index contributed by atoms with van der Waals surface area (Å²) in [5.41, 5.74) is 4.03. The Labute approximate surface area is 148 Å². The molecule has 0 bridgehead atoms. The number of aryl methyl sites for hydroxylation is 3. The summed E-state index contributed by atoms with van der Waals surface area (Å²) < 4.78 is 1.71. The highest BCUT2D eigenvalue weighted by Gasteiger charge is 2.16. The summed E-state index contributed by atoms with van der Waals surface area (Å²) >= 11 is 0. The molecule has 0 N–H and O–H groups in total. The van der Waals surface area contributed by atoms with E-state index in [1.165, 1.54) is 5.56 Å². The number of carbonyl (C=O) groups is 1. The zero-order valence-electron chi connectivity index (χ0n) is 15.0. The molecule has 3 rings (SSSR count). The van der Waals surface area contributed by atoms with Crippen LogP contribution in [0, 0.1) is 6.92 Å². The number of carbonyl (C=O) groups excluding carboxylic acids is 1. The second-order valence-corrected chi connectivity index (χ2v) is 6.13. The third-order valence-electron chi connectivity index (χ3n) is 4.37. The van der Waals surface area contributed by atoms with E-state index in [9.17, 15) is 4.79 Å². The maximum Gasteiger partial charge on any atom is 0.184 e. The van der Waals surface area contributed by atoms with Crippen LogP contribution in [0.5, 0.6) is 0 Å². The van der Waals surface area contributed by atoms with Gasteiger partial charge >= 0.3 is 0 Å². The monoisotopic (exact) mass is 333 g/mol. The summed E-state index contributed by atoms with van der Waals surface area (Å²) in [6.45, 7) is 6.23. The Hall–Kier alpha value is -2.75. The summed E-state index contributed by atoms with van der Waals surface area (Å²) in [5, 5.41) is 4.44. The minimum Gasteiger partial charge on any atom is -0.292 e. The zero-order valence-corrected chi connectivity index (χ0v) is 15.0. The van der Waals surface area contributed by atoms with Crippen LogP contribution in [0.15, 0.2) is 48.5 Å². The molecule has 0 spiro atoms. The lowest BCUT2D eigenvalue weighted by molar-refractivity contribution is 0.0967. The molecular formula is C21H23N3O. The average molecular weight is 333 g/mol. The maximum atomic E-state index is 13.0. The topological polar surface area (TPSA) is 47.8 Å². The van der Waals surface area contributed by atoms with Gasteiger partial charge in [0.15, 0.2) is 11.6 Å². The first-order chi connectivity index (χ1) is 12.1. The van der Waals surface area contributed by atoms with Crippen molar-refractivity contribution in [2.45, 2.75) is 40.2 Å². The van der Waals surface area contributed by atoms with E-state index in [-0.39, 0.29) is 12.3 Å². The van der Waals surface area contributed by atoms with Crippen LogP contribution >= 0.6 is 0 Å². The third kappa shape index (κ3) is 3.68. The molecule has 0 radical (unpaired) electrons. The molecule has 4 heteroatoms. The standard InChI is InChI=1S/C21H23N3O/c1-4-16-11-12-17(5-2)19(13-16)20(25)14-24-21(22-15(3)23-24)18-9-7-6-8-10-18/h6-13H,4-5,14H2,1-3H3. The number of aromatic nitrogens is 3. The van der Waals surface area contributed by atoms with Crippen molar-refractivity contribution in [2.24, 2.45) is 0 Å². The Bertz CT molecular complexity index is 881. The first-order valence-electron chi connectivity index (χ1n) is 8.74. The SMILES string of the molecule is CCc1ccc(CC)c(C(=O)Cn2nc(C)nc2-c2ccccc2)c1. The summed E-state index contributed by atoms with van der Waals surface area (Å²) in [6, 6.07) is 16.1. The molecule has 128 valence electrons. The van der Waals surface area contributed by atoms with Crippen LogP contribution in [0.2, 0.25) is 0 Å². The number of hydrogen-bond donors (Lipinski definition) is 0. The lowest BCUT2D eigenvalue weighted by atomic mass is 9.97. The fourth-order valence-electron chi connectivity index (χ4n) is 3.00. The molecule has 2 aromatic carbocycles. The fourth-order valence-corrected chi connectivity index (χ4v) is 3.00. The second kappa shape index (κ2) is 7.43. The van der Waals surface area contributed by atoms with E-state index in [2.05, 4.69) is 36.1 Å². The Kier molecular flexibility index (Phi) is 5.08. The number of hydrogen-bond acceptors (Lipinski definition) is 3. The zero-order chi connectivity index (χ0) is 17.8. The molecular weight excluding hydrogens is 310 g/mol. The van der Waals surface area contributed by atoms with Gasteiger partial charge in [-0.1, -0.05) is 56.3 Å². The predicted molar refractivity (Wildman–Crippen MR) is 99.7 cm³/mol. The molecule has 0 saturated carbocycles. The maximum absolute atomic E-state index is 13.0. The van der Waals surface area contributed by atoms with Crippen molar-refractivity contribution in [1.82, 2.24) is 14.8 Å². The van der Waals surface area contributed by atoms with Crippen LogP contribution < -0.4 is 0 Å². The van der Waals surface area contributed by atoms with Gasteiger partial charge < -0.3 is 0 Å². The Balaban J connectivity index is 1.95. The summed E-state index contributed by atoms with van der Waals surface area (Å²) in [6.07, 6.45) is 1.76. The number of Topliss-reactive ketones (excluding diaryl/α,β-unsaturated/α-hetero) is 1. The predicted octanol–water partition coefficient (Wildman–Crippen LogP) is 4.26. The smallest absolute Gasteiger partial charge is 0.184 e. The normalized spacial score (nSPS) is 10.8. The number of rotatable bonds is 6. The molecule has 1 heterocycles. The highest BCUT2D eigenvalue weighted by molar-refractivity contribution is 5.97. The number of benzene rings is 2. The van der Waals surface area contributed by atoms with Gasteiger partial charge in [-0.25, -0.2) is 9.67 Å². The van der Waals surface area contributed by atoms with Crippen LogP contribution in [0.3, 0.4) is 0 Å². The first-order valence-corrected chi connectivity index (χ1v) is 8.74. The van der Waals surface area contributed by atoms with E-state index >= 15 is 0 Å². The minimum absolute atomic E-state index is 0.0780. The Morgan fingerprint density at radius 2 is 1.80 bits per heavy atom.